The van der Waals surface area contributed by atoms with Gasteiger partial charge in [-0.25, -0.2) is 0 Å². The highest BCUT2D eigenvalue weighted by molar-refractivity contribution is 6.01. The molecule has 18 heavy (non-hydrogen) atoms. The second kappa shape index (κ2) is 4.29. The first-order valence-corrected chi connectivity index (χ1v) is 6.08. The van der Waals surface area contributed by atoms with Gasteiger partial charge in [0.1, 0.15) is 0 Å². The van der Waals surface area contributed by atoms with Crippen molar-refractivity contribution in [3.8, 4) is 0 Å². The fourth-order valence-corrected chi connectivity index (χ4v) is 2.51. The third-order valence-electron chi connectivity index (χ3n) is 3.43. The molecule has 0 radical (unpaired) electrons. The Kier molecular flexibility index (Phi) is 2.63. The molecule has 0 aromatic heterocycles. The van der Waals surface area contributed by atoms with Crippen LogP contribution in [0.1, 0.15) is 17.9 Å². The molecule has 4 heteroatoms. The minimum atomic E-state index is -0.338. The predicted octanol–water partition coefficient (Wildman–Crippen LogP) is 1.51. The molecule has 2 amide bonds. The van der Waals surface area contributed by atoms with Gasteiger partial charge in [0.05, 0.1) is 5.92 Å². The summed E-state index contributed by atoms with van der Waals surface area (Å²) in [7, 11) is 0. The van der Waals surface area contributed by atoms with Gasteiger partial charge >= 0.3 is 0 Å². The Labute approximate surface area is 105 Å². The number of carbonyl (C=O) groups excluding carboxylic acids is 2. The lowest BCUT2D eigenvalue weighted by Gasteiger charge is -2.28. The maximum absolute atomic E-state index is 12.4. The molecule has 3 rings (SSSR count). The van der Waals surface area contributed by atoms with Crippen LogP contribution in [0.5, 0.6) is 0 Å². The number of rotatable bonds is 1. The van der Waals surface area contributed by atoms with Crippen molar-refractivity contribution in [2.75, 3.05) is 18.4 Å². The minimum Gasteiger partial charge on any atom is -0.335 e. The Balaban J connectivity index is 1.92. The van der Waals surface area contributed by atoms with Crippen LogP contribution in [0.3, 0.4) is 0 Å². The zero-order valence-corrected chi connectivity index (χ0v) is 9.93. The van der Waals surface area contributed by atoms with Crippen LogP contribution >= 0.6 is 0 Å². The van der Waals surface area contributed by atoms with E-state index in [9.17, 15) is 9.59 Å². The number of hydrogen-bond donors (Lipinski definition) is 1. The number of carbonyl (C=O) groups is 2. The lowest BCUT2D eigenvalue weighted by Crippen LogP contribution is -2.37. The molecule has 0 saturated heterocycles. The smallest absolute Gasteiger partial charge is 0.231 e. The number of para-hydroxylation sites is 1. The summed E-state index contributed by atoms with van der Waals surface area (Å²) in [5.74, 6) is -0.378. The molecule has 2 aliphatic heterocycles. The van der Waals surface area contributed by atoms with E-state index in [4.69, 9.17) is 0 Å². The molecule has 1 unspecified atom stereocenters. The Morgan fingerprint density at radius 3 is 2.72 bits per heavy atom. The van der Waals surface area contributed by atoms with E-state index in [1.165, 1.54) is 0 Å². The van der Waals surface area contributed by atoms with E-state index in [1.54, 1.807) is 4.90 Å². The summed E-state index contributed by atoms with van der Waals surface area (Å²) in [6, 6.07) is 7.53. The quantitative estimate of drug-likeness (QED) is 0.759. The van der Waals surface area contributed by atoms with Crippen LogP contribution in [-0.2, 0) is 9.59 Å². The van der Waals surface area contributed by atoms with Gasteiger partial charge in [-0.2, -0.15) is 0 Å². The van der Waals surface area contributed by atoms with Crippen LogP contribution in [0.15, 0.2) is 36.4 Å². The van der Waals surface area contributed by atoms with E-state index in [0.717, 1.165) is 11.3 Å². The highest BCUT2D eigenvalue weighted by Crippen LogP contribution is 2.33. The third kappa shape index (κ3) is 1.79. The van der Waals surface area contributed by atoms with Crippen LogP contribution in [0.25, 0.3) is 0 Å². The van der Waals surface area contributed by atoms with Crippen molar-refractivity contribution in [1.29, 1.82) is 0 Å². The zero-order chi connectivity index (χ0) is 12.5. The lowest BCUT2D eigenvalue weighted by atomic mass is 9.89. The molecule has 1 N–H and O–H groups in total. The fourth-order valence-electron chi connectivity index (χ4n) is 2.51. The van der Waals surface area contributed by atoms with E-state index in [2.05, 4.69) is 5.32 Å². The van der Waals surface area contributed by atoms with Crippen LogP contribution in [0.4, 0.5) is 5.69 Å². The largest absolute Gasteiger partial charge is 0.335 e. The van der Waals surface area contributed by atoms with Crippen molar-refractivity contribution < 1.29 is 9.59 Å². The third-order valence-corrected chi connectivity index (χ3v) is 3.43. The van der Waals surface area contributed by atoms with Crippen LogP contribution in [0, 0.1) is 0 Å². The second-order valence-corrected chi connectivity index (χ2v) is 4.61. The van der Waals surface area contributed by atoms with Crippen molar-refractivity contribution in [2.45, 2.75) is 12.3 Å². The van der Waals surface area contributed by atoms with Crippen molar-refractivity contribution >= 4 is 17.5 Å². The second-order valence-electron chi connectivity index (χ2n) is 4.61. The average molecular weight is 242 g/mol. The van der Waals surface area contributed by atoms with Gasteiger partial charge in [0, 0.05) is 25.2 Å². The molecule has 92 valence electrons. The number of nitrogens with one attached hydrogen (secondary N) is 1. The van der Waals surface area contributed by atoms with E-state index >= 15 is 0 Å². The topological polar surface area (TPSA) is 49.4 Å². The van der Waals surface area contributed by atoms with Gasteiger partial charge in [-0.15, -0.1) is 0 Å². The molecule has 1 atom stereocenters. The summed E-state index contributed by atoms with van der Waals surface area (Å²) < 4.78 is 0. The monoisotopic (exact) mass is 242 g/mol. The van der Waals surface area contributed by atoms with Gasteiger partial charge in [-0.05, 0) is 11.6 Å². The van der Waals surface area contributed by atoms with Gasteiger partial charge in [0.2, 0.25) is 11.8 Å². The Bertz CT molecular complexity index is 528. The SMILES string of the molecule is O=C1CC(C(=O)N2CC=CC2)c2ccccc2N1. The summed E-state index contributed by atoms with van der Waals surface area (Å²) in [6.07, 6.45) is 4.20. The number of benzene rings is 1. The van der Waals surface area contributed by atoms with Gasteiger partial charge < -0.3 is 10.2 Å². The predicted molar refractivity (Wildman–Crippen MR) is 68.1 cm³/mol. The van der Waals surface area contributed by atoms with Crippen LogP contribution in [0.2, 0.25) is 0 Å². The maximum atomic E-state index is 12.4. The molecule has 0 bridgehead atoms. The van der Waals surface area contributed by atoms with Crippen molar-refractivity contribution in [1.82, 2.24) is 4.90 Å². The summed E-state index contributed by atoms with van der Waals surface area (Å²) in [5.41, 5.74) is 1.69. The number of hydrogen-bond acceptors (Lipinski definition) is 2. The molecule has 2 aliphatic rings. The number of nitrogens with zero attached hydrogens (tertiary/aromatic N) is 1. The summed E-state index contributed by atoms with van der Waals surface area (Å²) in [5, 5.41) is 2.81. The Morgan fingerprint density at radius 1 is 1.22 bits per heavy atom. The van der Waals surface area contributed by atoms with Crippen LogP contribution < -0.4 is 5.32 Å². The molecular weight excluding hydrogens is 228 g/mol. The summed E-state index contributed by atoms with van der Waals surface area (Å²) >= 11 is 0. The fraction of sp³-hybridized carbons (Fsp3) is 0.286. The standard InChI is InChI=1S/C14H14N2O2/c17-13-9-11(14(18)16-7-3-4-8-16)10-5-1-2-6-12(10)15-13/h1-6,11H,7-9H2,(H,15,17). The van der Waals surface area contributed by atoms with Crippen molar-refractivity contribution in [2.24, 2.45) is 0 Å². The Hall–Kier alpha value is -2.10. The van der Waals surface area contributed by atoms with E-state index in [-0.39, 0.29) is 24.2 Å². The van der Waals surface area contributed by atoms with E-state index < -0.39 is 0 Å². The van der Waals surface area contributed by atoms with Gasteiger partial charge in [-0.1, -0.05) is 30.4 Å². The molecule has 0 saturated carbocycles. The normalized spacial score (nSPS) is 21.7. The molecule has 2 heterocycles. The molecule has 0 spiro atoms. The van der Waals surface area contributed by atoms with Gasteiger partial charge in [0.25, 0.3) is 0 Å². The highest BCUT2D eigenvalue weighted by Gasteiger charge is 2.33. The summed E-state index contributed by atoms with van der Waals surface area (Å²) in [6.45, 7) is 1.30. The number of fused-ring (bicyclic) bond motifs is 1. The highest BCUT2D eigenvalue weighted by atomic mass is 16.2. The first-order valence-electron chi connectivity index (χ1n) is 6.08. The molecule has 1 aromatic rings. The first-order chi connectivity index (χ1) is 8.75. The number of anilines is 1. The molecule has 0 fully saturated rings. The summed E-state index contributed by atoms with van der Waals surface area (Å²) in [4.78, 5) is 25.9. The average Bonchev–Trinajstić information content (AvgIpc) is 2.90. The van der Waals surface area contributed by atoms with Gasteiger partial charge in [-0.3, -0.25) is 9.59 Å². The molecule has 0 aliphatic carbocycles. The Morgan fingerprint density at radius 2 is 1.94 bits per heavy atom. The van der Waals surface area contributed by atoms with Crippen molar-refractivity contribution in [3.05, 3.63) is 42.0 Å². The number of amides is 2. The van der Waals surface area contributed by atoms with E-state index in [1.807, 2.05) is 36.4 Å². The first kappa shape index (κ1) is 11.0. The van der Waals surface area contributed by atoms with Gasteiger partial charge in [0.15, 0.2) is 0 Å². The van der Waals surface area contributed by atoms with E-state index in [0.29, 0.717) is 13.1 Å². The minimum absolute atomic E-state index is 0.0438. The van der Waals surface area contributed by atoms with Crippen LogP contribution in [-0.4, -0.2) is 29.8 Å². The lowest BCUT2D eigenvalue weighted by molar-refractivity contribution is -0.133. The zero-order valence-electron chi connectivity index (χ0n) is 9.93. The molecule has 1 aromatic carbocycles. The molecule has 4 nitrogen and oxygen atoms in total. The van der Waals surface area contributed by atoms with Crippen molar-refractivity contribution in [3.63, 3.8) is 0 Å². The maximum Gasteiger partial charge on any atom is 0.231 e. The molecular formula is C14H14N2O2.